The van der Waals surface area contributed by atoms with E-state index in [0.717, 1.165) is 31.0 Å². The first-order valence-electron chi connectivity index (χ1n) is 7.12. The molecule has 0 spiro atoms. The highest BCUT2D eigenvalue weighted by Crippen LogP contribution is 2.23. The molecular formula is C16H22ClN3. The van der Waals surface area contributed by atoms with E-state index in [4.69, 9.17) is 11.6 Å². The van der Waals surface area contributed by atoms with Crippen LogP contribution in [-0.2, 0) is 13.5 Å². The van der Waals surface area contributed by atoms with E-state index in [0.29, 0.717) is 5.92 Å². The predicted molar refractivity (Wildman–Crippen MR) is 84.3 cm³/mol. The van der Waals surface area contributed by atoms with Crippen LogP contribution in [0.15, 0.2) is 36.7 Å². The van der Waals surface area contributed by atoms with Crippen molar-refractivity contribution in [2.24, 2.45) is 7.05 Å². The summed E-state index contributed by atoms with van der Waals surface area (Å²) >= 11 is 6.11. The van der Waals surface area contributed by atoms with Gasteiger partial charge in [0.25, 0.3) is 0 Å². The maximum atomic E-state index is 6.11. The van der Waals surface area contributed by atoms with Crippen LogP contribution < -0.4 is 5.32 Å². The van der Waals surface area contributed by atoms with Crippen molar-refractivity contribution in [3.63, 3.8) is 0 Å². The molecule has 20 heavy (non-hydrogen) atoms. The Labute approximate surface area is 126 Å². The van der Waals surface area contributed by atoms with Gasteiger partial charge in [-0.15, -0.1) is 0 Å². The van der Waals surface area contributed by atoms with Gasteiger partial charge < -0.3 is 5.32 Å². The molecule has 1 heterocycles. The molecule has 0 aliphatic carbocycles. The summed E-state index contributed by atoms with van der Waals surface area (Å²) in [5, 5.41) is 8.48. The van der Waals surface area contributed by atoms with Gasteiger partial charge in [-0.2, -0.15) is 5.10 Å². The maximum absolute atomic E-state index is 6.11. The second-order valence-corrected chi connectivity index (χ2v) is 5.56. The van der Waals surface area contributed by atoms with E-state index in [-0.39, 0.29) is 0 Å². The SMILES string of the molecule is CCNCC(CCc1cnn(C)c1)c1cccc(Cl)c1. The number of benzene rings is 1. The molecular weight excluding hydrogens is 270 g/mol. The average molecular weight is 292 g/mol. The first-order chi connectivity index (χ1) is 9.69. The van der Waals surface area contributed by atoms with Gasteiger partial charge in [0.05, 0.1) is 6.20 Å². The van der Waals surface area contributed by atoms with Gasteiger partial charge in [-0.25, -0.2) is 0 Å². The largest absolute Gasteiger partial charge is 0.316 e. The summed E-state index contributed by atoms with van der Waals surface area (Å²) in [6, 6.07) is 8.20. The number of nitrogens with zero attached hydrogens (tertiary/aromatic N) is 2. The average Bonchev–Trinajstić information content (AvgIpc) is 2.85. The van der Waals surface area contributed by atoms with Crippen LogP contribution in [0.1, 0.15) is 30.4 Å². The number of nitrogens with one attached hydrogen (secondary N) is 1. The maximum Gasteiger partial charge on any atom is 0.0521 e. The molecule has 1 unspecified atom stereocenters. The van der Waals surface area contributed by atoms with E-state index in [2.05, 4.69) is 35.7 Å². The molecule has 0 aliphatic heterocycles. The van der Waals surface area contributed by atoms with Gasteiger partial charge in [0.15, 0.2) is 0 Å². The molecule has 0 saturated carbocycles. The third-order valence-electron chi connectivity index (χ3n) is 3.50. The molecule has 1 N–H and O–H groups in total. The van der Waals surface area contributed by atoms with Crippen molar-refractivity contribution in [2.45, 2.75) is 25.7 Å². The minimum atomic E-state index is 0.480. The summed E-state index contributed by atoms with van der Waals surface area (Å²) in [6.07, 6.45) is 6.17. The minimum Gasteiger partial charge on any atom is -0.316 e. The fraction of sp³-hybridized carbons (Fsp3) is 0.438. The van der Waals surface area contributed by atoms with E-state index >= 15 is 0 Å². The Morgan fingerprint density at radius 3 is 2.90 bits per heavy atom. The van der Waals surface area contributed by atoms with Crippen LogP contribution in [0.4, 0.5) is 0 Å². The van der Waals surface area contributed by atoms with Crippen molar-refractivity contribution in [3.05, 3.63) is 52.8 Å². The third kappa shape index (κ3) is 4.36. The monoisotopic (exact) mass is 291 g/mol. The van der Waals surface area contributed by atoms with E-state index in [1.54, 1.807) is 0 Å². The molecule has 0 radical (unpaired) electrons. The molecule has 3 nitrogen and oxygen atoms in total. The molecule has 0 bridgehead atoms. The van der Waals surface area contributed by atoms with E-state index in [9.17, 15) is 0 Å². The fourth-order valence-electron chi connectivity index (χ4n) is 2.41. The Morgan fingerprint density at radius 1 is 1.40 bits per heavy atom. The lowest BCUT2D eigenvalue weighted by molar-refractivity contribution is 0.561. The molecule has 108 valence electrons. The predicted octanol–water partition coefficient (Wildman–Crippen LogP) is 3.40. The van der Waals surface area contributed by atoms with Crippen LogP contribution in [-0.4, -0.2) is 22.9 Å². The Bertz CT molecular complexity index is 536. The van der Waals surface area contributed by atoms with E-state index < -0.39 is 0 Å². The highest BCUT2D eigenvalue weighted by Gasteiger charge is 2.12. The summed E-state index contributed by atoms with van der Waals surface area (Å²) in [7, 11) is 1.95. The molecule has 2 rings (SSSR count). The van der Waals surface area contributed by atoms with Crippen molar-refractivity contribution in [3.8, 4) is 0 Å². The Hall–Kier alpha value is -1.32. The van der Waals surface area contributed by atoms with Gasteiger partial charge in [0.1, 0.15) is 0 Å². The Kier molecular flexibility index (Phi) is 5.62. The van der Waals surface area contributed by atoms with Crippen molar-refractivity contribution in [1.82, 2.24) is 15.1 Å². The van der Waals surface area contributed by atoms with Crippen LogP contribution in [0.2, 0.25) is 5.02 Å². The summed E-state index contributed by atoms with van der Waals surface area (Å²) in [6.45, 7) is 4.11. The normalized spacial score (nSPS) is 12.6. The van der Waals surface area contributed by atoms with E-state index in [1.807, 2.05) is 30.1 Å². The van der Waals surface area contributed by atoms with Gasteiger partial charge in [0, 0.05) is 24.8 Å². The summed E-state index contributed by atoms with van der Waals surface area (Å²) < 4.78 is 1.86. The zero-order chi connectivity index (χ0) is 14.4. The molecule has 4 heteroatoms. The molecule has 2 aromatic rings. The first-order valence-corrected chi connectivity index (χ1v) is 7.50. The number of hydrogen-bond donors (Lipinski definition) is 1. The molecule has 0 fully saturated rings. The molecule has 0 aliphatic rings. The molecule has 1 aromatic heterocycles. The number of aryl methyl sites for hydroxylation is 2. The smallest absolute Gasteiger partial charge is 0.0521 e. The van der Waals surface area contributed by atoms with Crippen molar-refractivity contribution in [2.75, 3.05) is 13.1 Å². The van der Waals surface area contributed by atoms with Gasteiger partial charge >= 0.3 is 0 Å². The Morgan fingerprint density at radius 2 is 2.25 bits per heavy atom. The van der Waals surface area contributed by atoms with Crippen molar-refractivity contribution < 1.29 is 0 Å². The highest BCUT2D eigenvalue weighted by atomic mass is 35.5. The van der Waals surface area contributed by atoms with Gasteiger partial charge in [-0.05, 0) is 48.6 Å². The number of rotatable bonds is 7. The summed E-state index contributed by atoms with van der Waals surface area (Å²) in [5.41, 5.74) is 2.60. The van der Waals surface area contributed by atoms with E-state index in [1.165, 1.54) is 11.1 Å². The van der Waals surface area contributed by atoms with Crippen LogP contribution in [0.5, 0.6) is 0 Å². The Balaban J connectivity index is 2.03. The van der Waals surface area contributed by atoms with Crippen molar-refractivity contribution in [1.29, 1.82) is 0 Å². The van der Waals surface area contributed by atoms with Crippen LogP contribution in [0, 0.1) is 0 Å². The number of hydrogen-bond acceptors (Lipinski definition) is 2. The van der Waals surface area contributed by atoms with Crippen LogP contribution in [0.3, 0.4) is 0 Å². The zero-order valence-corrected chi connectivity index (χ0v) is 12.9. The number of aromatic nitrogens is 2. The lowest BCUT2D eigenvalue weighted by Gasteiger charge is -2.17. The minimum absolute atomic E-state index is 0.480. The standard InChI is InChI=1S/C16H22ClN3/c1-3-18-11-15(14-5-4-6-16(17)9-14)8-7-13-10-19-20(2)12-13/h4-6,9-10,12,15,18H,3,7-8,11H2,1-2H3. The summed E-state index contributed by atoms with van der Waals surface area (Å²) in [4.78, 5) is 0. The van der Waals surface area contributed by atoms with Crippen LogP contribution in [0.25, 0.3) is 0 Å². The number of likely N-dealkylation sites (N-methyl/N-ethyl adjacent to an activating group) is 1. The fourth-order valence-corrected chi connectivity index (χ4v) is 2.61. The van der Waals surface area contributed by atoms with Crippen molar-refractivity contribution >= 4 is 11.6 Å². The molecule has 0 saturated heterocycles. The van der Waals surface area contributed by atoms with Gasteiger partial charge in [0.2, 0.25) is 0 Å². The zero-order valence-electron chi connectivity index (χ0n) is 12.1. The topological polar surface area (TPSA) is 29.9 Å². The second-order valence-electron chi connectivity index (χ2n) is 5.12. The second kappa shape index (κ2) is 7.46. The summed E-state index contributed by atoms with van der Waals surface area (Å²) in [5.74, 6) is 0.480. The van der Waals surface area contributed by atoms with Gasteiger partial charge in [-0.1, -0.05) is 30.7 Å². The molecule has 1 aromatic carbocycles. The first kappa shape index (κ1) is 15.1. The molecule has 0 amide bonds. The quantitative estimate of drug-likeness (QED) is 0.847. The lowest BCUT2D eigenvalue weighted by atomic mass is 9.93. The molecule has 1 atom stereocenters. The highest BCUT2D eigenvalue weighted by molar-refractivity contribution is 6.30. The number of halogens is 1. The van der Waals surface area contributed by atoms with Gasteiger partial charge in [-0.3, -0.25) is 4.68 Å². The lowest BCUT2D eigenvalue weighted by Crippen LogP contribution is -2.21. The third-order valence-corrected chi connectivity index (χ3v) is 3.74. The van der Waals surface area contributed by atoms with Crippen LogP contribution >= 0.6 is 11.6 Å².